The summed E-state index contributed by atoms with van der Waals surface area (Å²) in [5, 5.41) is 2.46. The summed E-state index contributed by atoms with van der Waals surface area (Å²) in [7, 11) is 1.72. The van der Waals surface area contributed by atoms with E-state index in [1.54, 1.807) is 11.9 Å². The predicted octanol–water partition coefficient (Wildman–Crippen LogP) is 2.39. The molecule has 4 rings (SSSR count). The lowest BCUT2D eigenvalue weighted by Crippen LogP contribution is -2.45. The molecule has 0 radical (unpaired) electrons. The van der Waals surface area contributed by atoms with E-state index in [-0.39, 0.29) is 18.0 Å². The van der Waals surface area contributed by atoms with Crippen molar-refractivity contribution in [2.24, 2.45) is 16.8 Å². The first kappa shape index (κ1) is 14.2. The highest BCUT2D eigenvalue weighted by molar-refractivity contribution is 9.12. The number of halogens is 1. The number of carbonyl (C=O) groups excluding carboxylic acids is 2. The lowest BCUT2D eigenvalue weighted by Gasteiger charge is -2.31. The van der Waals surface area contributed by atoms with Crippen molar-refractivity contribution in [3.05, 3.63) is 22.2 Å². The molecule has 1 N–H and O–H groups in total. The molecule has 4 aliphatic rings. The lowest BCUT2D eigenvalue weighted by molar-refractivity contribution is -0.126. The minimum Gasteiger partial charge on any atom is -0.312 e. The second kappa shape index (κ2) is 4.54. The summed E-state index contributed by atoms with van der Waals surface area (Å²) in [5.74, 6) is 0.492. The van der Waals surface area contributed by atoms with Gasteiger partial charge in [0.1, 0.15) is 5.54 Å². The highest BCUT2D eigenvalue weighted by atomic mass is 79.9. The van der Waals surface area contributed by atoms with Crippen molar-refractivity contribution in [3.63, 3.8) is 0 Å². The van der Waals surface area contributed by atoms with Crippen LogP contribution in [0, 0.1) is 11.8 Å². The number of nitrogens with one attached hydrogen (secondary N) is 1. The molecule has 22 heavy (non-hydrogen) atoms. The number of dihydropyridines is 1. The predicted molar refractivity (Wildman–Crippen MR) is 86.9 cm³/mol. The van der Waals surface area contributed by atoms with Gasteiger partial charge in [-0.2, -0.15) is 0 Å². The molecule has 3 amide bonds. The molecule has 1 saturated heterocycles. The van der Waals surface area contributed by atoms with E-state index in [4.69, 9.17) is 4.99 Å². The molecular formula is C16H18BrN3O2. The van der Waals surface area contributed by atoms with Crippen LogP contribution >= 0.6 is 15.9 Å². The highest BCUT2D eigenvalue weighted by Gasteiger charge is 2.58. The first-order valence-corrected chi connectivity index (χ1v) is 8.46. The Labute approximate surface area is 137 Å². The van der Waals surface area contributed by atoms with Gasteiger partial charge in [0, 0.05) is 23.9 Å². The van der Waals surface area contributed by atoms with Crippen molar-refractivity contribution >= 4 is 33.6 Å². The fourth-order valence-corrected chi connectivity index (χ4v) is 5.10. The van der Waals surface area contributed by atoms with Crippen LogP contribution in [-0.4, -0.2) is 41.2 Å². The average molecular weight is 364 g/mol. The van der Waals surface area contributed by atoms with E-state index in [9.17, 15) is 9.59 Å². The molecule has 116 valence electrons. The van der Waals surface area contributed by atoms with Crippen LogP contribution in [0.2, 0.25) is 0 Å². The molecule has 2 fully saturated rings. The molecular weight excluding hydrogens is 346 g/mol. The second-order valence-electron chi connectivity index (χ2n) is 6.75. The first-order valence-electron chi connectivity index (χ1n) is 7.66. The number of fused-ring (bicyclic) bond motifs is 2. The normalized spacial score (nSPS) is 40.0. The monoisotopic (exact) mass is 363 g/mol. The van der Waals surface area contributed by atoms with Crippen LogP contribution in [0.4, 0.5) is 4.79 Å². The Morgan fingerprint density at radius 2 is 2.18 bits per heavy atom. The van der Waals surface area contributed by atoms with Crippen LogP contribution in [0.5, 0.6) is 0 Å². The maximum absolute atomic E-state index is 12.4. The molecule has 0 bridgehead atoms. The Balaban J connectivity index is 1.76. The molecule has 2 aliphatic carbocycles. The molecule has 2 heterocycles. The Morgan fingerprint density at radius 1 is 1.41 bits per heavy atom. The summed E-state index contributed by atoms with van der Waals surface area (Å²) >= 11 is 3.73. The Morgan fingerprint density at radius 3 is 2.86 bits per heavy atom. The summed E-state index contributed by atoms with van der Waals surface area (Å²) in [6, 6.07) is -0.0889. The number of imide groups is 1. The lowest BCUT2D eigenvalue weighted by atomic mass is 9.80. The van der Waals surface area contributed by atoms with Gasteiger partial charge in [0.2, 0.25) is 0 Å². The van der Waals surface area contributed by atoms with Crippen molar-refractivity contribution in [1.29, 1.82) is 0 Å². The molecule has 0 aromatic carbocycles. The number of hydrogen-bond donors (Lipinski definition) is 1. The van der Waals surface area contributed by atoms with Crippen LogP contribution in [-0.2, 0) is 4.79 Å². The third-order valence-corrected chi connectivity index (χ3v) is 6.43. The van der Waals surface area contributed by atoms with Gasteiger partial charge in [-0.3, -0.25) is 15.1 Å². The zero-order chi connectivity index (χ0) is 15.6. The summed E-state index contributed by atoms with van der Waals surface area (Å²) in [5.41, 5.74) is 1.64. The van der Waals surface area contributed by atoms with E-state index in [1.165, 1.54) is 5.57 Å². The number of rotatable bonds is 0. The average Bonchev–Trinajstić information content (AvgIpc) is 2.96. The highest BCUT2D eigenvalue weighted by Crippen LogP contribution is 2.52. The summed E-state index contributed by atoms with van der Waals surface area (Å²) in [6.45, 7) is 2.07. The number of carbonyl (C=O) groups is 2. The molecule has 0 aromatic heterocycles. The van der Waals surface area contributed by atoms with Crippen molar-refractivity contribution in [2.75, 3.05) is 7.05 Å². The van der Waals surface area contributed by atoms with E-state index in [2.05, 4.69) is 40.3 Å². The number of amides is 3. The Hall–Kier alpha value is -1.43. The van der Waals surface area contributed by atoms with Crippen molar-refractivity contribution in [2.45, 2.75) is 37.8 Å². The van der Waals surface area contributed by atoms with Crippen molar-refractivity contribution in [3.8, 4) is 0 Å². The van der Waals surface area contributed by atoms with Gasteiger partial charge < -0.3 is 4.90 Å². The van der Waals surface area contributed by atoms with Gasteiger partial charge in [-0.15, -0.1) is 0 Å². The van der Waals surface area contributed by atoms with E-state index in [0.717, 1.165) is 16.6 Å². The molecule has 1 saturated carbocycles. The number of urea groups is 1. The number of hydrogen-bond acceptors (Lipinski definition) is 3. The maximum atomic E-state index is 12.4. The summed E-state index contributed by atoms with van der Waals surface area (Å²) in [4.78, 5) is 30.6. The Kier molecular flexibility index (Phi) is 2.92. The van der Waals surface area contributed by atoms with Crippen LogP contribution < -0.4 is 5.32 Å². The van der Waals surface area contributed by atoms with Gasteiger partial charge in [0.05, 0.1) is 11.8 Å². The molecule has 6 heteroatoms. The maximum Gasteiger partial charge on any atom is 0.324 e. The Bertz CT molecular complexity index is 681. The molecule has 4 atom stereocenters. The topological polar surface area (TPSA) is 61.8 Å². The third-order valence-electron chi connectivity index (χ3n) is 5.51. The van der Waals surface area contributed by atoms with Gasteiger partial charge in [-0.1, -0.05) is 12.2 Å². The van der Waals surface area contributed by atoms with Gasteiger partial charge in [-0.25, -0.2) is 4.79 Å². The number of aliphatic imine (C=N–C) groups is 1. The number of allylic oxidation sites excluding steroid dienone is 2. The SMILES string of the molecule is CC1C=CC2CC3C[C@@]4(CC3=C(Br)C2=N1)C(=O)NC(=O)N4C. The van der Waals surface area contributed by atoms with Gasteiger partial charge in [-0.05, 0) is 47.2 Å². The molecule has 3 unspecified atom stereocenters. The standard InChI is InChI=1S/C16H18BrN3O2/c1-8-3-4-9-5-10-6-16(14(21)19-15(22)20(16)2)7-11(10)12(17)13(9)18-8/h3-4,8-10H,5-7H2,1-2H3,(H,19,21,22)/t8?,9?,10?,16-/m1/s1. The summed E-state index contributed by atoms with van der Waals surface area (Å²) < 4.78 is 1.06. The van der Waals surface area contributed by atoms with E-state index in [1.807, 2.05) is 0 Å². The fourth-order valence-electron chi connectivity index (χ4n) is 4.24. The van der Waals surface area contributed by atoms with Crippen LogP contribution in [0.15, 0.2) is 27.2 Å². The van der Waals surface area contributed by atoms with Crippen LogP contribution in [0.3, 0.4) is 0 Å². The molecule has 2 aliphatic heterocycles. The summed E-state index contributed by atoms with van der Waals surface area (Å²) in [6.07, 6.45) is 6.67. The number of nitrogens with zero attached hydrogens (tertiary/aromatic N) is 2. The minimum absolute atomic E-state index is 0.156. The van der Waals surface area contributed by atoms with Crippen molar-refractivity contribution < 1.29 is 9.59 Å². The number of likely N-dealkylation sites (N-methyl/N-ethyl adjacent to an activating group) is 1. The van der Waals surface area contributed by atoms with E-state index < -0.39 is 5.54 Å². The third kappa shape index (κ3) is 1.73. The van der Waals surface area contributed by atoms with Gasteiger partial charge in [0.25, 0.3) is 5.91 Å². The van der Waals surface area contributed by atoms with Crippen LogP contribution in [0.25, 0.3) is 0 Å². The largest absolute Gasteiger partial charge is 0.324 e. The fraction of sp³-hybridized carbons (Fsp3) is 0.562. The quantitative estimate of drug-likeness (QED) is 0.530. The van der Waals surface area contributed by atoms with Crippen LogP contribution in [0.1, 0.15) is 26.2 Å². The first-order chi connectivity index (χ1) is 10.4. The molecule has 5 nitrogen and oxygen atoms in total. The van der Waals surface area contributed by atoms with E-state index in [0.29, 0.717) is 24.7 Å². The van der Waals surface area contributed by atoms with Gasteiger partial charge >= 0.3 is 6.03 Å². The molecule has 0 aromatic rings. The second-order valence-corrected chi connectivity index (χ2v) is 7.54. The zero-order valence-electron chi connectivity index (χ0n) is 12.6. The van der Waals surface area contributed by atoms with Gasteiger partial charge in [0.15, 0.2) is 0 Å². The smallest absolute Gasteiger partial charge is 0.312 e. The van der Waals surface area contributed by atoms with E-state index >= 15 is 0 Å². The van der Waals surface area contributed by atoms with Crippen molar-refractivity contribution in [1.82, 2.24) is 10.2 Å². The molecule has 1 spiro atoms. The zero-order valence-corrected chi connectivity index (χ0v) is 14.2. The minimum atomic E-state index is -0.709.